The van der Waals surface area contributed by atoms with Crippen LogP contribution in [0.25, 0.3) is 0 Å². The third kappa shape index (κ3) is 6.38. The molecule has 0 aliphatic carbocycles. The maximum absolute atomic E-state index is 12.8. The second kappa shape index (κ2) is 11.3. The van der Waals surface area contributed by atoms with Gasteiger partial charge < -0.3 is 19.7 Å². The van der Waals surface area contributed by atoms with Crippen molar-refractivity contribution in [2.75, 3.05) is 24.4 Å². The molecule has 37 heavy (non-hydrogen) atoms. The maximum atomic E-state index is 12.8. The molecule has 5 rings (SSSR count). The number of β-amino-alcohol motifs (C(OH)–C–C–N with tert-alkyl or cyclic N) is 1. The quantitative estimate of drug-likeness (QED) is 0.413. The van der Waals surface area contributed by atoms with Crippen molar-refractivity contribution in [2.24, 2.45) is 0 Å². The van der Waals surface area contributed by atoms with Crippen molar-refractivity contribution in [3.63, 3.8) is 0 Å². The molecule has 2 fully saturated rings. The molecular weight excluding hydrogens is 492 g/mol. The highest BCUT2D eigenvalue weighted by atomic mass is 32.2. The van der Waals surface area contributed by atoms with Crippen molar-refractivity contribution in [3.8, 4) is 0 Å². The summed E-state index contributed by atoms with van der Waals surface area (Å²) in [6.07, 6.45) is -0.00355. The SMILES string of the molecule is O=S(=O)(Nc1cccc(C2O[C@H](CN3CC[C@@H](O)C3)C[C@H](c3ccc(CO)cc3)O2)c1)c1ccccc1. The molecule has 3 aromatic rings. The molecule has 196 valence electrons. The molecule has 0 amide bonds. The number of anilines is 1. The summed E-state index contributed by atoms with van der Waals surface area (Å²) in [5.74, 6) is 0. The highest BCUT2D eigenvalue weighted by Gasteiger charge is 2.34. The van der Waals surface area contributed by atoms with Gasteiger partial charge in [-0.3, -0.25) is 9.62 Å². The molecule has 2 aliphatic heterocycles. The van der Waals surface area contributed by atoms with E-state index in [-0.39, 0.29) is 29.8 Å². The molecule has 3 aromatic carbocycles. The van der Waals surface area contributed by atoms with E-state index >= 15 is 0 Å². The number of ether oxygens (including phenoxy) is 2. The number of rotatable bonds is 8. The number of benzene rings is 3. The van der Waals surface area contributed by atoms with Gasteiger partial charge >= 0.3 is 0 Å². The largest absolute Gasteiger partial charge is 0.392 e. The molecule has 2 aliphatic rings. The van der Waals surface area contributed by atoms with E-state index in [1.807, 2.05) is 30.3 Å². The number of hydrogen-bond donors (Lipinski definition) is 3. The van der Waals surface area contributed by atoms with E-state index in [0.29, 0.717) is 30.8 Å². The summed E-state index contributed by atoms with van der Waals surface area (Å²) in [6, 6.07) is 23.0. The maximum Gasteiger partial charge on any atom is 0.261 e. The predicted molar refractivity (Wildman–Crippen MR) is 139 cm³/mol. The lowest BCUT2D eigenvalue weighted by Gasteiger charge is -2.38. The smallest absolute Gasteiger partial charge is 0.261 e. The Morgan fingerprint density at radius 1 is 0.946 bits per heavy atom. The number of hydrogen-bond acceptors (Lipinski definition) is 7. The first-order valence-corrected chi connectivity index (χ1v) is 14.0. The molecule has 8 nitrogen and oxygen atoms in total. The molecule has 0 saturated carbocycles. The first kappa shape index (κ1) is 25.8. The van der Waals surface area contributed by atoms with Gasteiger partial charge in [0.25, 0.3) is 10.0 Å². The van der Waals surface area contributed by atoms with Gasteiger partial charge in [0.05, 0.1) is 29.8 Å². The summed E-state index contributed by atoms with van der Waals surface area (Å²) >= 11 is 0. The molecular formula is C28H32N2O6S. The number of aliphatic hydroxyl groups is 2. The fraction of sp³-hybridized carbons (Fsp3) is 0.357. The Hall–Kier alpha value is -2.79. The van der Waals surface area contributed by atoms with E-state index in [2.05, 4.69) is 9.62 Å². The van der Waals surface area contributed by atoms with Crippen molar-refractivity contribution in [1.82, 2.24) is 4.90 Å². The van der Waals surface area contributed by atoms with Crippen LogP contribution < -0.4 is 4.72 Å². The lowest BCUT2D eigenvalue weighted by atomic mass is 9.99. The Labute approximate surface area is 217 Å². The Morgan fingerprint density at radius 2 is 1.73 bits per heavy atom. The number of aliphatic hydroxyl groups excluding tert-OH is 2. The number of nitrogens with zero attached hydrogens (tertiary/aromatic N) is 1. The fourth-order valence-electron chi connectivity index (χ4n) is 4.86. The summed E-state index contributed by atoms with van der Waals surface area (Å²) in [6.45, 7) is 2.09. The van der Waals surface area contributed by atoms with Crippen LogP contribution in [-0.4, -0.2) is 55.4 Å². The topological polar surface area (TPSA) is 108 Å². The summed E-state index contributed by atoms with van der Waals surface area (Å²) in [4.78, 5) is 2.39. The minimum Gasteiger partial charge on any atom is -0.392 e. The van der Waals surface area contributed by atoms with Gasteiger partial charge in [0.15, 0.2) is 6.29 Å². The van der Waals surface area contributed by atoms with Gasteiger partial charge in [0.1, 0.15) is 0 Å². The first-order chi connectivity index (χ1) is 17.9. The number of nitrogens with one attached hydrogen (secondary N) is 1. The van der Waals surface area contributed by atoms with Crippen LogP contribution in [0.2, 0.25) is 0 Å². The van der Waals surface area contributed by atoms with Gasteiger partial charge in [-0.15, -0.1) is 0 Å². The Kier molecular flexibility index (Phi) is 7.89. The second-order valence-corrected chi connectivity index (χ2v) is 11.3. The fourth-order valence-corrected chi connectivity index (χ4v) is 5.93. The lowest BCUT2D eigenvalue weighted by molar-refractivity contribution is -0.252. The predicted octanol–water partition coefficient (Wildman–Crippen LogP) is 3.59. The van der Waals surface area contributed by atoms with Crippen LogP contribution in [0.1, 0.15) is 41.9 Å². The van der Waals surface area contributed by atoms with E-state index in [9.17, 15) is 18.6 Å². The summed E-state index contributed by atoms with van der Waals surface area (Å²) in [7, 11) is -3.74. The lowest BCUT2D eigenvalue weighted by Crippen LogP contribution is -2.38. The van der Waals surface area contributed by atoms with Crippen LogP contribution in [-0.2, 0) is 26.1 Å². The molecule has 9 heteroatoms. The average molecular weight is 525 g/mol. The zero-order valence-electron chi connectivity index (χ0n) is 20.4. The van der Waals surface area contributed by atoms with Crippen LogP contribution in [0.3, 0.4) is 0 Å². The molecule has 2 heterocycles. The van der Waals surface area contributed by atoms with E-state index in [1.165, 1.54) is 0 Å². The van der Waals surface area contributed by atoms with Crippen LogP contribution in [0.15, 0.2) is 83.8 Å². The Morgan fingerprint density at radius 3 is 2.43 bits per heavy atom. The minimum atomic E-state index is -3.74. The van der Waals surface area contributed by atoms with Gasteiger partial charge in [-0.25, -0.2) is 8.42 Å². The van der Waals surface area contributed by atoms with Crippen LogP contribution in [0, 0.1) is 0 Å². The standard InChI is InChI=1S/C28H32N2O6S/c31-19-20-9-11-21(12-10-20)27-16-25(18-30-14-13-24(32)17-30)35-28(36-27)22-5-4-6-23(15-22)29-37(33,34)26-7-2-1-3-8-26/h1-12,15,24-25,27-29,31-32H,13-14,16-19H2/t24-,25+,27-,28?/m1/s1. The van der Waals surface area contributed by atoms with Crippen molar-refractivity contribution in [2.45, 2.75) is 48.9 Å². The molecule has 1 unspecified atom stereocenters. The normalized spacial score (nSPS) is 24.7. The van der Waals surface area contributed by atoms with Crippen molar-refractivity contribution < 1.29 is 28.1 Å². The minimum absolute atomic E-state index is 0.0247. The van der Waals surface area contributed by atoms with Gasteiger partial charge in [-0.05, 0) is 41.8 Å². The van der Waals surface area contributed by atoms with Gasteiger partial charge in [0.2, 0.25) is 0 Å². The number of likely N-dealkylation sites (tertiary alicyclic amines) is 1. The molecule has 0 radical (unpaired) electrons. The van der Waals surface area contributed by atoms with E-state index in [1.54, 1.807) is 48.5 Å². The van der Waals surface area contributed by atoms with Crippen molar-refractivity contribution in [3.05, 3.63) is 95.6 Å². The highest BCUT2D eigenvalue weighted by molar-refractivity contribution is 7.92. The van der Waals surface area contributed by atoms with Gasteiger partial charge in [0, 0.05) is 37.3 Å². The Balaban J connectivity index is 1.37. The zero-order valence-corrected chi connectivity index (χ0v) is 21.3. The average Bonchev–Trinajstić information content (AvgIpc) is 3.33. The monoisotopic (exact) mass is 524 g/mol. The van der Waals surface area contributed by atoms with Gasteiger partial charge in [-0.1, -0.05) is 54.6 Å². The summed E-state index contributed by atoms with van der Waals surface area (Å²) < 4.78 is 41.1. The van der Waals surface area contributed by atoms with Crippen LogP contribution >= 0.6 is 0 Å². The molecule has 3 N–H and O–H groups in total. The third-order valence-corrected chi connectivity index (χ3v) is 8.19. The molecule has 0 bridgehead atoms. The van der Waals surface area contributed by atoms with Crippen LogP contribution in [0.4, 0.5) is 5.69 Å². The molecule has 0 spiro atoms. The van der Waals surface area contributed by atoms with Crippen molar-refractivity contribution in [1.29, 1.82) is 0 Å². The third-order valence-electron chi connectivity index (χ3n) is 6.79. The van der Waals surface area contributed by atoms with Crippen molar-refractivity contribution >= 4 is 15.7 Å². The van der Waals surface area contributed by atoms with E-state index in [4.69, 9.17) is 9.47 Å². The van der Waals surface area contributed by atoms with Crippen LogP contribution in [0.5, 0.6) is 0 Å². The molecule has 4 atom stereocenters. The Bertz CT molecular complexity index is 1290. The molecule has 2 saturated heterocycles. The summed E-state index contributed by atoms with van der Waals surface area (Å²) in [5, 5.41) is 19.4. The number of sulfonamides is 1. The van der Waals surface area contributed by atoms with E-state index in [0.717, 1.165) is 24.1 Å². The zero-order chi connectivity index (χ0) is 25.8. The first-order valence-electron chi connectivity index (χ1n) is 12.5. The second-order valence-electron chi connectivity index (χ2n) is 9.60. The van der Waals surface area contributed by atoms with Gasteiger partial charge in [-0.2, -0.15) is 0 Å². The highest BCUT2D eigenvalue weighted by Crippen LogP contribution is 2.39. The molecule has 0 aromatic heterocycles. The summed E-state index contributed by atoms with van der Waals surface area (Å²) in [5.41, 5.74) is 2.94. The van der Waals surface area contributed by atoms with E-state index < -0.39 is 16.3 Å².